The van der Waals surface area contributed by atoms with Crippen LogP contribution in [0.25, 0.3) is 0 Å². The highest BCUT2D eigenvalue weighted by molar-refractivity contribution is 6.05. The Morgan fingerprint density at radius 1 is 0.786 bits per heavy atom. The maximum atomic E-state index is 14.1. The molecule has 1 spiro atoms. The van der Waals surface area contributed by atoms with E-state index in [9.17, 15) is 14.0 Å². The maximum Gasteiger partial charge on any atom is 0.238 e. The predicted octanol–water partition coefficient (Wildman–Crippen LogP) is 3.76. The van der Waals surface area contributed by atoms with Crippen LogP contribution in [0.5, 0.6) is 0 Å². The van der Waals surface area contributed by atoms with Gasteiger partial charge in [-0.15, -0.1) is 0 Å². The summed E-state index contributed by atoms with van der Waals surface area (Å²) in [5.74, 6) is -0.508. The number of hydrogen-bond donors (Lipinski definition) is 0. The van der Waals surface area contributed by atoms with Crippen molar-refractivity contribution in [1.82, 2.24) is 9.80 Å². The zero-order chi connectivity index (χ0) is 19.6. The lowest BCUT2D eigenvalue weighted by Gasteiger charge is -2.46. The van der Waals surface area contributed by atoms with Gasteiger partial charge in [0.1, 0.15) is 11.2 Å². The zero-order valence-corrected chi connectivity index (χ0v) is 15.9. The Bertz CT molecular complexity index is 866. The molecule has 5 heteroatoms. The Morgan fingerprint density at radius 3 is 2.00 bits per heavy atom. The van der Waals surface area contributed by atoms with E-state index in [1.54, 1.807) is 23.1 Å². The number of benzene rings is 2. The van der Waals surface area contributed by atoms with E-state index >= 15 is 0 Å². The van der Waals surface area contributed by atoms with Crippen molar-refractivity contribution in [2.24, 2.45) is 5.41 Å². The van der Waals surface area contributed by atoms with Gasteiger partial charge in [-0.3, -0.25) is 9.59 Å². The monoisotopic (exact) mass is 380 g/mol. The minimum Gasteiger partial charge on any atom is -0.337 e. The van der Waals surface area contributed by atoms with Gasteiger partial charge < -0.3 is 9.80 Å². The first-order valence-corrected chi connectivity index (χ1v) is 9.96. The van der Waals surface area contributed by atoms with Crippen molar-refractivity contribution >= 4 is 11.8 Å². The van der Waals surface area contributed by atoms with E-state index in [0.717, 1.165) is 18.4 Å². The third-order valence-electron chi connectivity index (χ3n) is 5.99. The smallest absolute Gasteiger partial charge is 0.238 e. The molecule has 0 saturated carbocycles. The van der Waals surface area contributed by atoms with Crippen LogP contribution in [0.1, 0.15) is 36.8 Å². The second-order valence-electron chi connectivity index (χ2n) is 7.82. The largest absolute Gasteiger partial charge is 0.337 e. The van der Waals surface area contributed by atoms with Crippen LogP contribution in [0.2, 0.25) is 0 Å². The molecule has 0 bridgehead atoms. The van der Waals surface area contributed by atoms with Gasteiger partial charge in [-0.1, -0.05) is 48.5 Å². The first kappa shape index (κ1) is 18.7. The number of nitrogens with zero attached hydrogens (tertiary/aromatic N) is 2. The standard InChI is InChI=1S/C23H25FN2O2/c24-20-11-5-4-10-19(20)17-26-15-7-13-23(22(26)28)12-6-14-25(21(23)27)16-18-8-2-1-3-9-18/h1-5,8-11H,6-7,12-17H2. The number of piperidine rings is 2. The molecule has 4 rings (SSSR count). The van der Waals surface area contributed by atoms with Crippen LogP contribution < -0.4 is 0 Å². The summed E-state index contributed by atoms with van der Waals surface area (Å²) in [6.45, 7) is 2.00. The van der Waals surface area contributed by atoms with E-state index in [0.29, 0.717) is 38.0 Å². The summed E-state index contributed by atoms with van der Waals surface area (Å²) < 4.78 is 14.1. The van der Waals surface area contributed by atoms with Gasteiger partial charge in [-0.25, -0.2) is 4.39 Å². The highest BCUT2D eigenvalue weighted by Gasteiger charge is 2.52. The lowest BCUT2D eigenvalue weighted by molar-refractivity contribution is -0.165. The minimum atomic E-state index is -0.976. The molecule has 2 heterocycles. The Labute approximate surface area is 164 Å². The third kappa shape index (κ3) is 3.41. The SMILES string of the molecule is O=C1N(Cc2ccccc2)CCCC12CCCN(Cc1ccccc1F)C2=O. The van der Waals surface area contributed by atoms with E-state index in [1.165, 1.54) is 6.07 Å². The van der Waals surface area contributed by atoms with Gasteiger partial charge in [0, 0.05) is 31.7 Å². The number of likely N-dealkylation sites (tertiary alicyclic amines) is 2. The Balaban J connectivity index is 1.54. The Kier molecular flexibility index (Phi) is 5.16. The van der Waals surface area contributed by atoms with Gasteiger partial charge in [0.05, 0.1) is 0 Å². The zero-order valence-electron chi connectivity index (χ0n) is 15.9. The first-order chi connectivity index (χ1) is 13.6. The van der Waals surface area contributed by atoms with E-state index in [4.69, 9.17) is 0 Å². The summed E-state index contributed by atoms with van der Waals surface area (Å²) in [4.78, 5) is 30.3. The molecule has 0 aliphatic carbocycles. The number of carbonyl (C=O) groups is 2. The fourth-order valence-electron chi connectivity index (χ4n) is 4.53. The van der Waals surface area contributed by atoms with E-state index in [2.05, 4.69) is 0 Å². The number of halogens is 1. The Hall–Kier alpha value is -2.69. The molecule has 0 N–H and O–H groups in total. The van der Waals surface area contributed by atoms with Crippen LogP contribution in [0.4, 0.5) is 4.39 Å². The van der Waals surface area contributed by atoms with Crippen LogP contribution >= 0.6 is 0 Å². The van der Waals surface area contributed by atoms with Crippen molar-refractivity contribution in [2.75, 3.05) is 13.1 Å². The van der Waals surface area contributed by atoms with Gasteiger partial charge in [0.15, 0.2) is 0 Å². The van der Waals surface area contributed by atoms with Crippen molar-refractivity contribution in [2.45, 2.75) is 38.8 Å². The van der Waals surface area contributed by atoms with Gasteiger partial charge in [-0.2, -0.15) is 0 Å². The Morgan fingerprint density at radius 2 is 1.36 bits per heavy atom. The summed E-state index contributed by atoms with van der Waals surface area (Å²) >= 11 is 0. The average Bonchev–Trinajstić information content (AvgIpc) is 2.71. The molecule has 1 unspecified atom stereocenters. The molecule has 2 fully saturated rings. The lowest BCUT2D eigenvalue weighted by Crippen LogP contribution is -2.59. The molecular formula is C23H25FN2O2. The second-order valence-corrected chi connectivity index (χ2v) is 7.82. The first-order valence-electron chi connectivity index (χ1n) is 9.96. The van der Waals surface area contributed by atoms with E-state index in [1.807, 2.05) is 35.2 Å². The number of carbonyl (C=O) groups excluding carboxylic acids is 2. The summed E-state index contributed by atoms with van der Waals surface area (Å²) in [6, 6.07) is 16.4. The molecule has 0 aromatic heterocycles. The molecule has 2 aromatic rings. The minimum absolute atomic E-state index is 0.0640. The van der Waals surface area contributed by atoms with Crippen molar-refractivity contribution in [1.29, 1.82) is 0 Å². The van der Waals surface area contributed by atoms with Gasteiger partial charge >= 0.3 is 0 Å². The fraction of sp³-hybridized carbons (Fsp3) is 0.391. The molecule has 1 atom stereocenters. The molecule has 0 radical (unpaired) electrons. The molecule has 2 aliphatic heterocycles. The van der Waals surface area contributed by atoms with Crippen molar-refractivity contribution < 1.29 is 14.0 Å². The molecule has 2 aliphatic rings. The van der Waals surface area contributed by atoms with Gasteiger partial charge in [-0.05, 0) is 37.3 Å². The van der Waals surface area contributed by atoms with Crippen LogP contribution in [-0.2, 0) is 22.7 Å². The summed E-state index contributed by atoms with van der Waals surface area (Å²) in [5, 5.41) is 0. The topological polar surface area (TPSA) is 40.6 Å². The number of amides is 2. The van der Waals surface area contributed by atoms with Gasteiger partial charge in [0.25, 0.3) is 0 Å². The molecule has 2 aromatic carbocycles. The molecule has 2 amide bonds. The number of hydrogen-bond acceptors (Lipinski definition) is 2. The maximum absolute atomic E-state index is 14.1. The molecule has 146 valence electrons. The van der Waals surface area contributed by atoms with Crippen molar-refractivity contribution in [3.63, 3.8) is 0 Å². The molecule has 28 heavy (non-hydrogen) atoms. The summed E-state index contributed by atoms with van der Waals surface area (Å²) in [6.07, 6.45) is 2.76. The van der Waals surface area contributed by atoms with Crippen LogP contribution in [0.15, 0.2) is 54.6 Å². The molecule has 2 saturated heterocycles. The second kappa shape index (κ2) is 7.74. The average molecular weight is 380 g/mol. The van der Waals surface area contributed by atoms with Crippen LogP contribution in [-0.4, -0.2) is 34.7 Å². The normalized spacial score (nSPS) is 22.8. The third-order valence-corrected chi connectivity index (χ3v) is 5.99. The summed E-state index contributed by atoms with van der Waals surface area (Å²) in [7, 11) is 0. The van der Waals surface area contributed by atoms with E-state index < -0.39 is 5.41 Å². The molecular weight excluding hydrogens is 355 g/mol. The predicted molar refractivity (Wildman–Crippen MR) is 105 cm³/mol. The molecule has 4 nitrogen and oxygen atoms in total. The lowest BCUT2D eigenvalue weighted by atomic mass is 9.72. The van der Waals surface area contributed by atoms with Crippen molar-refractivity contribution in [3.8, 4) is 0 Å². The van der Waals surface area contributed by atoms with E-state index in [-0.39, 0.29) is 24.2 Å². The van der Waals surface area contributed by atoms with Crippen LogP contribution in [0.3, 0.4) is 0 Å². The highest BCUT2D eigenvalue weighted by Crippen LogP contribution is 2.41. The number of rotatable bonds is 4. The van der Waals surface area contributed by atoms with Gasteiger partial charge in [0.2, 0.25) is 11.8 Å². The summed E-state index contributed by atoms with van der Waals surface area (Å²) in [5.41, 5.74) is 0.591. The highest BCUT2D eigenvalue weighted by atomic mass is 19.1. The fourth-order valence-corrected chi connectivity index (χ4v) is 4.53. The quantitative estimate of drug-likeness (QED) is 0.758. The van der Waals surface area contributed by atoms with Crippen LogP contribution in [0, 0.1) is 11.2 Å². The van der Waals surface area contributed by atoms with Crippen molar-refractivity contribution in [3.05, 3.63) is 71.5 Å².